The van der Waals surface area contributed by atoms with Crippen molar-refractivity contribution in [1.82, 2.24) is 24.6 Å². The van der Waals surface area contributed by atoms with E-state index in [1.54, 1.807) is 81.3 Å². The van der Waals surface area contributed by atoms with Gasteiger partial charge in [0.1, 0.15) is 34.7 Å². The zero-order chi connectivity index (χ0) is 31.2. The highest BCUT2D eigenvalue weighted by atomic mass is 35.5. The first-order valence-corrected chi connectivity index (χ1v) is 13.9. The van der Waals surface area contributed by atoms with Crippen LogP contribution in [0, 0.1) is 6.92 Å². The van der Waals surface area contributed by atoms with Crippen LogP contribution in [0.4, 0.5) is 5.82 Å². The van der Waals surface area contributed by atoms with Gasteiger partial charge in [-0.15, -0.1) is 24.8 Å². The Morgan fingerprint density at radius 3 is 2.39 bits per heavy atom. The summed E-state index contributed by atoms with van der Waals surface area (Å²) in [4.78, 5) is 47.8. The Bertz CT molecular complexity index is 1860. The topological polar surface area (TPSA) is 139 Å². The zero-order valence-corrected chi connectivity index (χ0v) is 27.2. The number of hydrogen-bond acceptors (Lipinski definition) is 9. The number of carbonyl (C=O) groups excluding carboxylic acids is 2. The molecule has 5 rings (SSSR count). The average molecular weight is 670 g/mol. The lowest BCUT2D eigenvalue weighted by atomic mass is 10.2. The summed E-state index contributed by atoms with van der Waals surface area (Å²) in [5.74, 6) is 0.909. The molecule has 0 aliphatic carbocycles. The molecule has 46 heavy (non-hydrogen) atoms. The molecule has 5 aromatic rings. The summed E-state index contributed by atoms with van der Waals surface area (Å²) in [6.45, 7) is 3.61. The number of para-hydroxylation sites is 1. The number of anilines is 1. The van der Waals surface area contributed by atoms with Gasteiger partial charge in [0, 0.05) is 17.6 Å². The second-order valence-electron chi connectivity index (χ2n) is 9.95. The van der Waals surface area contributed by atoms with E-state index in [1.165, 1.54) is 10.9 Å². The van der Waals surface area contributed by atoms with Gasteiger partial charge in [0.05, 0.1) is 43.3 Å². The van der Waals surface area contributed by atoms with Gasteiger partial charge in [-0.05, 0) is 63.4 Å². The summed E-state index contributed by atoms with van der Waals surface area (Å²) in [5, 5.41) is 6.27. The molecule has 0 aliphatic heterocycles. The Morgan fingerprint density at radius 2 is 1.72 bits per heavy atom. The van der Waals surface area contributed by atoms with Gasteiger partial charge >= 0.3 is 5.97 Å². The molecule has 0 spiro atoms. The number of likely N-dealkylation sites (N-methyl/N-ethyl adjacent to an activating group) is 1. The number of esters is 1. The number of benzene rings is 2. The van der Waals surface area contributed by atoms with E-state index in [1.807, 2.05) is 24.3 Å². The first kappa shape index (κ1) is 35.6. The number of amides is 1. The summed E-state index contributed by atoms with van der Waals surface area (Å²) in [6, 6.07) is 19.5. The van der Waals surface area contributed by atoms with Gasteiger partial charge in [-0.2, -0.15) is 0 Å². The molecule has 0 radical (unpaired) electrons. The molecule has 3 aromatic heterocycles. The van der Waals surface area contributed by atoms with Crippen LogP contribution in [0.1, 0.15) is 23.0 Å². The number of halogens is 2. The summed E-state index contributed by atoms with van der Waals surface area (Å²) < 4.78 is 19.8. The van der Waals surface area contributed by atoms with E-state index in [9.17, 15) is 14.4 Å². The Balaban J connectivity index is 0.00000288. The van der Waals surface area contributed by atoms with Crippen molar-refractivity contribution in [2.45, 2.75) is 26.5 Å². The van der Waals surface area contributed by atoms with Crippen molar-refractivity contribution in [2.75, 3.05) is 26.0 Å². The first-order valence-electron chi connectivity index (χ1n) is 13.9. The fourth-order valence-corrected chi connectivity index (χ4v) is 4.78. The molecule has 2 N–H and O–H groups in total. The minimum absolute atomic E-state index is 0. The average Bonchev–Trinajstić information content (AvgIpc) is 3.26. The standard InChI is InChI=1S/C32H32N6O6.2ClH/c1-20(43-29(39)18-33-3)19-37-21(2)30(32(41)38(37)22-8-6-5-7-9-22)31(40)36-28-13-11-24(17-35-28)44-27-14-15-34-26-16-23(42-4)10-12-25(26)27;;/h5-17,20,33H,18-19H2,1-4H3,(H,35,36,40);2*1H/t20-;;/m1../s1. The second kappa shape index (κ2) is 15.9. The van der Waals surface area contributed by atoms with Gasteiger partial charge in [0.2, 0.25) is 0 Å². The van der Waals surface area contributed by atoms with E-state index in [-0.39, 0.29) is 49.3 Å². The smallest absolute Gasteiger partial charge is 0.320 e. The Kier molecular flexibility index (Phi) is 12.3. The van der Waals surface area contributed by atoms with Crippen molar-refractivity contribution in [1.29, 1.82) is 0 Å². The molecule has 242 valence electrons. The fourth-order valence-electron chi connectivity index (χ4n) is 4.78. The van der Waals surface area contributed by atoms with Crippen molar-refractivity contribution in [3.8, 4) is 22.9 Å². The van der Waals surface area contributed by atoms with Gasteiger partial charge < -0.3 is 24.8 Å². The maximum absolute atomic E-state index is 13.7. The number of methoxy groups -OCH3 is 1. The number of pyridine rings is 2. The van der Waals surface area contributed by atoms with Crippen LogP contribution in [-0.4, -0.2) is 58.0 Å². The van der Waals surface area contributed by atoms with Gasteiger partial charge in [-0.1, -0.05) is 18.2 Å². The predicted octanol–water partition coefficient (Wildman–Crippen LogP) is 4.94. The predicted molar refractivity (Wildman–Crippen MR) is 179 cm³/mol. The van der Waals surface area contributed by atoms with Crippen LogP contribution in [0.2, 0.25) is 0 Å². The maximum Gasteiger partial charge on any atom is 0.320 e. The number of nitrogens with one attached hydrogen (secondary N) is 2. The molecule has 14 heteroatoms. The van der Waals surface area contributed by atoms with Crippen LogP contribution in [-0.2, 0) is 16.1 Å². The number of ether oxygens (including phenoxy) is 3. The summed E-state index contributed by atoms with van der Waals surface area (Å²) in [5.41, 5.74) is 1.13. The van der Waals surface area contributed by atoms with Crippen molar-refractivity contribution < 1.29 is 23.8 Å². The monoisotopic (exact) mass is 668 g/mol. The van der Waals surface area contributed by atoms with Crippen molar-refractivity contribution in [3.63, 3.8) is 0 Å². The molecule has 0 fully saturated rings. The van der Waals surface area contributed by atoms with Crippen LogP contribution < -0.4 is 25.7 Å². The molecule has 0 aliphatic rings. The molecular weight excluding hydrogens is 635 g/mol. The highest BCUT2D eigenvalue weighted by Gasteiger charge is 2.25. The maximum atomic E-state index is 13.7. The number of hydrogen-bond donors (Lipinski definition) is 2. The molecule has 1 atom stereocenters. The summed E-state index contributed by atoms with van der Waals surface area (Å²) in [7, 11) is 3.24. The van der Waals surface area contributed by atoms with E-state index in [0.717, 1.165) is 5.39 Å². The molecule has 2 aromatic carbocycles. The highest BCUT2D eigenvalue weighted by Crippen LogP contribution is 2.30. The lowest BCUT2D eigenvalue weighted by molar-refractivity contribution is -0.147. The minimum atomic E-state index is -0.619. The first-order chi connectivity index (χ1) is 21.3. The fraction of sp³-hybridized carbons (Fsp3) is 0.219. The van der Waals surface area contributed by atoms with Crippen molar-refractivity contribution >= 4 is 53.4 Å². The van der Waals surface area contributed by atoms with Crippen molar-refractivity contribution in [2.24, 2.45) is 0 Å². The number of fused-ring (bicyclic) bond motifs is 1. The third-order valence-corrected chi connectivity index (χ3v) is 6.82. The summed E-state index contributed by atoms with van der Waals surface area (Å²) in [6.07, 6.45) is 2.55. The number of carbonyl (C=O) groups is 2. The lowest BCUT2D eigenvalue weighted by Crippen LogP contribution is -2.30. The Morgan fingerprint density at radius 1 is 0.978 bits per heavy atom. The molecule has 1 amide bonds. The van der Waals surface area contributed by atoms with Crippen LogP contribution in [0.25, 0.3) is 16.6 Å². The van der Waals surface area contributed by atoms with E-state index >= 15 is 0 Å². The highest BCUT2D eigenvalue weighted by molar-refractivity contribution is 6.04. The molecule has 3 heterocycles. The quantitative estimate of drug-likeness (QED) is 0.187. The SMILES string of the molecule is CNCC(=O)O[C@H](C)Cn1c(C)c(C(=O)Nc2ccc(Oc3ccnc4cc(OC)ccc34)cn2)c(=O)n1-c1ccccc1.Cl.Cl. The third-order valence-electron chi connectivity index (χ3n) is 6.82. The molecule has 0 saturated carbocycles. The van der Waals surface area contributed by atoms with Gasteiger partial charge in [-0.25, -0.2) is 9.67 Å². The minimum Gasteiger partial charge on any atom is -0.497 e. The largest absolute Gasteiger partial charge is 0.497 e. The van der Waals surface area contributed by atoms with Crippen LogP contribution >= 0.6 is 24.8 Å². The van der Waals surface area contributed by atoms with Crippen LogP contribution in [0.15, 0.2) is 83.9 Å². The van der Waals surface area contributed by atoms with Crippen LogP contribution in [0.3, 0.4) is 0 Å². The zero-order valence-electron chi connectivity index (χ0n) is 25.6. The van der Waals surface area contributed by atoms with Gasteiger partial charge in [0.25, 0.3) is 11.5 Å². The number of rotatable bonds is 11. The number of aromatic nitrogens is 4. The Labute approximate surface area is 277 Å². The van der Waals surface area contributed by atoms with Crippen molar-refractivity contribution in [3.05, 3.63) is 101 Å². The van der Waals surface area contributed by atoms with Crippen LogP contribution in [0.5, 0.6) is 17.2 Å². The molecule has 0 saturated heterocycles. The molecule has 12 nitrogen and oxygen atoms in total. The molecular formula is C32H34Cl2N6O6. The Hall–Kier alpha value is -4.91. The van der Waals surface area contributed by atoms with E-state index in [0.29, 0.717) is 34.1 Å². The molecule has 0 bridgehead atoms. The second-order valence-corrected chi connectivity index (χ2v) is 9.95. The van der Waals surface area contributed by atoms with Gasteiger partial charge in [-0.3, -0.25) is 24.0 Å². The summed E-state index contributed by atoms with van der Waals surface area (Å²) >= 11 is 0. The molecule has 0 unspecified atom stereocenters. The van der Waals surface area contributed by atoms with Gasteiger partial charge in [0.15, 0.2) is 0 Å². The normalized spacial score (nSPS) is 11.1. The van der Waals surface area contributed by atoms with E-state index in [4.69, 9.17) is 14.2 Å². The van der Waals surface area contributed by atoms with E-state index < -0.39 is 23.5 Å². The third kappa shape index (κ3) is 7.83. The van der Waals surface area contributed by atoms with E-state index in [2.05, 4.69) is 20.6 Å². The number of nitrogens with zero attached hydrogens (tertiary/aromatic N) is 4. The lowest BCUT2D eigenvalue weighted by Gasteiger charge is -2.18.